The normalized spacial score (nSPS) is 11.3. The molecule has 0 bridgehead atoms. The van der Waals surface area contributed by atoms with Gasteiger partial charge in [0.05, 0.1) is 14.2 Å². The smallest absolute Gasteiger partial charge is 0.342 e. The van der Waals surface area contributed by atoms with Crippen LogP contribution in [0.15, 0.2) is 59.7 Å². The monoisotopic (exact) mass is 388 g/mol. The number of halogens is 2. The molecule has 0 unspecified atom stereocenters. The number of hydrogen-bond donors (Lipinski definition) is 0. The molecule has 0 aromatic heterocycles. The Morgan fingerprint density at radius 3 is 1.14 bits per heavy atom. The standard InChI is InChI=1S/C20H14F2O6/c1-27-19(25)15(17(23)11-3-7-13(21)8-4-11)16(20(26)28-2)18(24)12-5-9-14(22)10-6-12/h3-10H,1-2H3/b16-15+. The average Bonchev–Trinajstić information content (AvgIpc) is 2.71. The zero-order valence-electron chi connectivity index (χ0n) is 14.8. The molecule has 28 heavy (non-hydrogen) atoms. The molecule has 0 atom stereocenters. The van der Waals surface area contributed by atoms with Crippen LogP contribution in [0.5, 0.6) is 0 Å². The van der Waals surface area contributed by atoms with Crippen LogP contribution in [-0.2, 0) is 19.1 Å². The first-order chi connectivity index (χ1) is 13.3. The van der Waals surface area contributed by atoms with Crippen molar-refractivity contribution in [3.05, 3.63) is 82.4 Å². The van der Waals surface area contributed by atoms with Crippen LogP contribution in [0.2, 0.25) is 0 Å². The second-order valence-electron chi connectivity index (χ2n) is 5.41. The molecule has 144 valence electrons. The highest BCUT2D eigenvalue weighted by molar-refractivity contribution is 6.36. The summed E-state index contributed by atoms with van der Waals surface area (Å²) in [7, 11) is 1.91. The summed E-state index contributed by atoms with van der Waals surface area (Å²) in [4.78, 5) is 50.1. The van der Waals surface area contributed by atoms with Gasteiger partial charge in [0, 0.05) is 11.1 Å². The Bertz CT molecular complexity index is 880. The Kier molecular flexibility index (Phi) is 6.49. The molecular formula is C20H14F2O6. The first kappa shape index (κ1) is 20.6. The number of rotatable bonds is 6. The number of benzene rings is 2. The molecule has 0 fully saturated rings. The number of carbonyl (C=O) groups is 4. The SMILES string of the molecule is COC(=O)/C(C(=O)c1ccc(F)cc1)=C(/C(=O)OC)C(=O)c1ccc(F)cc1. The van der Waals surface area contributed by atoms with Gasteiger partial charge in [-0.15, -0.1) is 0 Å². The van der Waals surface area contributed by atoms with Gasteiger partial charge in [0.2, 0.25) is 11.6 Å². The maximum atomic E-state index is 13.1. The predicted octanol–water partition coefficient (Wildman–Crippen LogP) is 2.67. The number of esters is 2. The number of hydrogen-bond acceptors (Lipinski definition) is 6. The molecule has 0 N–H and O–H groups in total. The molecule has 0 aliphatic carbocycles. The summed E-state index contributed by atoms with van der Waals surface area (Å²) in [6, 6.07) is 8.22. The van der Waals surface area contributed by atoms with E-state index < -0.39 is 46.3 Å². The zero-order chi connectivity index (χ0) is 20.8. The highest BCUT2D eigenvalue weighted by atomic mass is 19.1. The van der Waals surface area contributed by atoms with Crippen LogP contribution in [0, 0.1) is 11.6 Å². The van der Waals surface area contributed by atoms with E-state index in [4.69, 9.17) is 0 Å². The fourth-order valence-electron chi connectivity index (χ4n) is 2.31. The Labute approximate surface area is 158 Å². The zero-order valence-corrected chi connectivity index (χ0v) is 14.8. The van der Waals surface area contributed by atoms with Crippen molar-refractivity contribution in [3.8, 4) is 0 Å². The predicted molar refractivity (Wildman–Crippen MR) is 92.5 cm³/mol. The second-order valence-corrected chi connectivity index (χ2v) is 5.41. The van der Waals surface area contributed by atoms with Crippen molar-refractivity contribution < 1.29 is 37.4 Å². The number of carbonyl (C=O) groups excluding carboxylic acids is 4. The number of ketones is 2. The third kappa shape index (κ3) is 4.35. The van der Waals surface area contributed by atoms with E-state index in [1.807, 2.05) is 0 Å². The maximum Gasteiger partial charge on any atom is 0.342 e. The van der Waals surface area contributed by atoms with Gasteiger partial charge in [-0.3, -0.25) is 9.59 Å². The Morgan fingerprint density at radius 2 is 0.893 bits per heavy atom. The van der Waals surface area contributed by atoms with Crippen LogP contribution in [0.4, 0.5) is 8.78 Å². The molecular weight excluding hydrogens is 374 g/mol. The fraction of sp³-hybridized carbons (Fsp3) is 0.100. The summed E-state index contributed by atoms with van der Waals surface area (Å²) in [6.45, 7) is 0. The second kappa shape index (κ2) is 8.81. The fourth-order valence-corrected chi connectivity index (χ4v) is 2.31. The highest BCUT2D eigenvalue weighted by Gasteiger charge is 2.34. The van der Waals surface area contributed by atoms with Crippen molar-refractivity contribution in [1.29, 1.82) is 0 Å². The van der Waals surface area contributed by atoms with Crippen LogP contribution >= 0.6 is 0 Å². The van der Waals surface area contributed by atoms with Crippen LogP contribution in [0.25, 0.3) is 0 Å². The summed E-state index contributed by atoms with van der Waals surface area (Å²) >= 11 is 0. The van der Waals surface area contributed by atoms with Gasteiger partial charge in [-0.25, -0.2) is 18.4 Å². The minimum atomic E-state index is -1.26. The summed E-state index contributed by atoms with van der Waals surface area (Å²) in [5, 5.41) is 0. The Balaban J connectivity index is 2.71. The Morgan fingerprint density at radius 1 is 0.607 bits per heavy atom. The molecule has 0 aliphatic rings. The molecule has 2 aromatic rings. The van der Waals surface area contributed by atoms with E-state index in [-0.39, 0.29) is 11.1 Å². The lowest BCUT2D eigenvalue weighted by Gasteiger charge is -2.11. The third-order valence-corrected chi connectivity index (χ3v) is 3.70. The molecule has 0 spiro atoms. The van der Waals surface area contributed by atoms with Crippen molar-refractivity contribution in [2.75, 3.05) is 14.2 Å². The van der Waals surface area contributed by atoms with Gasteiger partial charge in [-0.2, -0.15) is 0 Å². The van der Waals surface area contributed by atoms with E-state index >= 15 is 0 Å². The first-order valence-electron chi connectivity index (χ1n) is 7.81. The highest BCUT2D eigenvalue weighted by Crippen LogP contribution is 2.20. The Hall–Kier alpha value is -3.68. The minimum Gasteiger partial charge on any atom is -0.465 e. The molecule has 0 heterocycles. The number of methoxy groups -OCH3 is 2. The van der Waals surface area contributed by atoms with Gasteiger partial charge in [-0.1, -0.05) is 0 Å². The third-order valence-electron chi connectivity index (χ3n) is 3.70. The van der Waals surface area contributed by atoms with E-state index in [9.17, 15) is 28.0 Å². The number of ether oxygens (including phenoxy) is 2. The van der Waals surface area contributed by atoms with Crippen molar-refractivity contribution in [3.63, 3.8) is 0 Å². The van der Waals surface area contributed by atoms with E-state index in [1.165, 1.54) is 0 Å². The lowest BCUT2D eigenvalue weighted by Crippen LogP contribution is -2.26. The molecule has 0 saturated carbocycles. The van der Waals surface area contributed by atoms with Crippen LogP contribution in [0.1, 0.15) is 20.7 Å². The first-order valence-corrected chi connectivity index (χ1v) is 7.81. The van der Waals surface area contributed by atoms with E-state index in [0.29, 0.717) is 0 Å². The van der Waals surface area contributed by atoms with Gasteiger partial charge >= 0.3 is 11.9 Å². The molecule has 0 amide bonds. The van der Waals surface area contributed by atoms with E-state index in [0.717, 1.165) is 62.8 Å². The lowest BCUT2D eigenvalue weighted by atomic mass is 9.93. The number of Topliss-reactive ketones (excluding diaryl/α,β-unsaturated/α-hetero) is 2. The molecule has 6 nitrogen and oxygen atoms in total. The van der Waals surface area contributed by atoms with Gasteiger partial charge in [0.15, 0.2) is 0 Å². The summed E-state index contributed by atoms with van der Waals surface area (Å²) in [5.74, 6) is -5.85. The molecule has 2 rings (SSSR count). The van der Waals surface area contributed by atoms with Crippen molar-refractivity contribution in [1.82, 2.24) is 0 Å². The van der Waals surface area contributed by atoms with E-state index in [2.05, 4.69) is 9.47 Å². The van der Waals surface area contributed by atoms with E-state index in [1.54, 1.807) is 0 Å². The van der Waals surface area contributed by atoms with Gasteiger partial charge in [0.25, 0.3) is 0 Å². The van der Waals surface area contributed by atoms with Gasteiger partial charge in [0.1, 0.15) is 22.8 Å². The van der Waals surface area contributed by atoms with Crippen molar-refractivity contribution >= 4 is 23.5 Å². The summed E-state index contributed by atoms with van der Waals surface area (Å²) < 4.78 is 35.3. The molecule has 0 aliphatic heterocycles. The maximum absolute atomic E-state index is 13.1. The summed E-state index contributed by atoms with van der Waals surface area (Å²) in [6.07, 6.45) is 0. The molecule has 2 aromatic carbocycles. The quantitative estimate of drug-likeness (QED) is 0.249. The molecule has 8 heteroatoms. The minimum absolute atomic E-state index is 0.157. The van der Waals surface area contributed by atoms with Crippen molar-refractivity contribution in [2.45, 2.75) is 0 Å². The van der Waals surface area contributed by atoms with Gasteiger partial charge < -0.3 is 9.47 Å². The van der Waals surface area contributed by atoms with Crippen molar-refractivity contribution in [2.24, 2.45) is 0 Å². The van der Waals surface area contributed by atoms with Crippen LogP contribution in [-0.4, -0.2) is 37.7 Å². The lowest BCUT2D eigenvalue weighted by molar-refractivity contribution is -0.138. The summed E-state index contributed by atoms with van der Waals surface area (Å²) in [5.41, 5.74) is -2.07. The largest absolute Gasteiger partial charge is 0.465 e. The topological polar surface area (TPSA) is 86.7 Å². The van der Waals surface area contributed by atoms with Crippen LogP contribution in [0.3, 0.4) is 0 Å². The molecule has 0 saturated heterocycles. The van der Waals surface area contributed by atoms with Crippen LogP contribution < -0.4 is 0 Å². The average molecular weight is 388 g/mol. The molecule has 0 radical (unpaired) electrons. The van der Waals surface area contributed by atoms with Gasteiger partial charge in [-0.05, 0) is 48.5 Å².